The van der Waals surface area contributed by atoms with Gasteiger partial charge >= 0.3 is 0 Å². The van der Waals surface area contributed by atoms with Crippen LogP contribution in [0.3, 0.4) is 0 Å². The number of thioether (sulfide) groups is 1. The van der Waals surface area contributed by atoms with E-state index in [0.717, 1.165) is 12.5 Å². The molecule has 0 aliphatic rings. The molecule has 0 bridgehead atoms. The quantitative estimate of drug-likeness (QED) is 0.593. The smallest absolute Gasteiger partial charge is 0.00667 e. The van der Waals surface area contributed by atoms with Gasteiger partial charge in [0.2, 0.25) is 0 Å². The Morgan fingerprint density at radius 1 is 1.21 bits per heavy atom. The molecule has 0 radical (unpaired) electrons. The number of nitrogens with one attached hydrogen (secondary N) is 1. The minimum Gasteiger partial charge on any atom is -0.314 e. The van der Waals surface area contributed by atoms with Crippen molar-refractivity contribution < 1.29 is 0 Å². The number of hydrogen-bond acceptors (Lipinski definition) is 2. The van der Waals surface area contributed by atoms with Gasteiger partial charge < -0.3 is 5.32 Å². The van der Waals surface area contributed by atoms with Gasteiger partial charge in [-0.25, -0.2) is 0 Å². The summed E-state index contributed by atoms with van der Waals surface area (Å²) in [7, 11) is 0. The Morgan fingerprint density at radius 3 is 2.43 bits per heavy atom. The zero-order valence-corrected chi connectivity index (χ0v) is 11.1. The van der Waals surface area contributed by atoms with Crippen LogP contribution in [-0.2, 0) is 0 Å². The summed E-state index contributed by atoms with van der Waals surface area (Å²) in [5.41, 5.74) is 0. The van der Waals surface area contributed by atoms with Gasteiger partial charge in [-0.3, -0.25) is 0 Å². The molecule has 0 rings (SSSR count). The molecule has 0 aliphatic carbocycles. The molecule has 14 heavy (non-hydrogen) atoms. The topological polar surface area (TPSA) is 12.0 Å². The molecule has 1 nitrogen and oxygen atoms in total. The van der Waals surface area contributed by atoms with Crippen LogP contribution in [0.2, 0.25) is 0 Å². The van der Waals surface area contributed by atoms with E-state index in [1.807, 2.05) is 0 Å². The molecular formula is C12H27NS. The summed E-state index contributed by atoms with van der Waals surface area (Å²) in [6.45, 7) is 10.2. The highest BCUT2D eigenvalue weighted by atomic mass is 32.2. The van der Waals surface area contributed by atoms with Gasteiger partial charge in [0.25, 0.3) is 0 Å². The Balaban J connectivity index is 3.56. The molecule has 2 atom stereocenters. The first kappa shape index (κ1) is 14.3. The van der Waals surface area contributed by atoms with Crippen molar-refractivity contribution in [2.24, 2.45) is 5.92 Å². The van der Waals surface area contributed by atoms with Gasteiger partial charge in [0.1, 0.15) is 0 Å². The molecule has 0 saturated carbocycles. The van der Waals surface area contributed by atoms with Gasteiger partial charge in [0.05, 0.1) is 0 Å². The van der Waals surface area contributed by atoms with E-state index in [9.17, 15) is 0 Å². The van der Waals surface area contributed by atoms with Crippen molar-refractivity contribution >= 4 is 11.8 Å². The molecule has 86 valence electrons. The van der Waals surface area contributed by atoms with Crippen molar-refractivity contribution in [2.45, 2.75) is 53.0 Å². The first-order chi connectivity index (χ1) is 6.76. The van der Waals surface area contributed by atoms with E-state index in [2.05, 4.69) is 44.8 Å². The maximum atomic E-state index is 3.53. The van der Waals surface area contributed by atoms with Crippen molar-refractivity contribution in [3.8, 4) is 0 Å². The Hall–Kier alpha value is 0.310. The minimum absolute atomic E-state index is 0.691. The van der Waals surface area contributed by atoms with Crippen LogP contribution < -0.4 is 5.32 Å². The molecule has 0 aliphatic heterocycles. The summed E-state index contributed by atoms with van der Waals surface area (Å²) in [4.78, 5) is 0. The van der Waals surface area contributed by atoms with Crippen LogP contribution in [0.15, 0.2) is 0 Å². The van der Waals surface area contributed by atoms with E-state index in [0.29, 0.717) is 6.04 Å². The van der Waals surface area contributed by atoms with E-state index in [1.165, 1.54) is 30.8 Å². The highest BCUT2D eigenvalue weighted by molar-refractivity contribution is 7.99. The van der Waals surface area contributed by atoms with E-state index >= 15 is 0 Å². The Labute approximate surface area is 94.4 Å². The molecule has 0 saturated heterocycles. The van der Waals surface area contributed by atoms with Gasteiger partial charge in [-0.1, -0.05) is 27.2 Å². The van der Waals surface area contributed by atoms with Gasteiger partial charge in [-0.2, -0.15) is 11.8 Å². The summed E-state index contributed by atoms with van der Waals surface area (Å²) < 4.78 is 0. The first-order valence-electron chi connectivity index (χ1n) is 6.07. The largest absolute Gasteiger partial charge is 0.314 e. The van der Waals surface area contributed by atoms with Crippen LogP contribution in [0.25, 0.3) is 0 Å². The second-order valence-electron chi connectivity index (χ2n) is 3.85. The van der Waals surface area contributed by atoms with Crippen LogP contribution in [0.1, 0.15) is 47.0 Å². The van der Waals surface area contributed by atoms with Gasteiger partial charge in [-0.15, -0.1) is 0 Å². The van der Waals surface area contributed by atoms with E-state index in [1.54, 1.807) is 0 Å². The summed E-state index contributed by atoms with van der Waals surface area (Å²) in [6.07, 6.45) is 4.08. The van der Waals surface area contributed by atoms with Gasteiger partial charge in [0, 0.05) is 6.04 Å². The predicted molar refractivity (Wildman–Crippen MR) is 69.2 cm³/mol. The van der Waals surface area contributed by atoms with Crippen molar-refractivity contribution in [1.82, 2.24) is 5.32 Å². The Bertz CT molecular complexity index is 117. The van der Waals surface area contributed by atoms with E-state index < -0.39 is 0 Å². The van der Waals surface area contributed by atoms with E-state index in [4.69, 9.17) is 0 Å². The second kappa shape index (κ2) is 9.85. The molecule has 1 N–H and O–H groups in total. The first-order valence-corrected chi connectivity index (χ1v) is 7.22. The maximum Gasteiger partial charge on any atom is 0.00667 e. The van der Waals surface area contributed by atoms with Crippen LogP contribution in [0.4, 0.5) is 0 Å². The third kappa shape index (κ3) is 6.72. The van der Waals surface area contributed by atoms with Crippen LogP contribution in [0.5, 0.6) is 0 Å². The maximum absolute atomic E-state index is 3.53. The lowest BCUT2D eigenvalue weighted by molar-refractivity contribution is 0.347. The third-order valence-electron chi connectivity index (χ3n) is 2.83. The number of rotatable bonds is 9. The lowest BCUT2D eigenvalue weighted by atomic mass is 9.93. The summed E-state index contributed by atoms with van der Waals surface area (Å²) in [5.74, 6) is 3.47. The lowest BCUT2D eigenvalue weighted by Gasteiger charge is -2.23. The van der Waals surface area contributed by atoms with Crippen molar-refractivity contribution in [2.75, 3.05) is 18.1 Å². The second-order valence-corrected chi connectivity index (χ2v) is 5.25. The third-order valence-corrected chi connectivity index (χ3v) is 3.81. The molecular weight excluding hydrogens is 190 g/mol. The fourth-order valence-electron chi connectivity index (χ4n) is 1.89. The van der Waals surface area contributed by atoms with Crippen LogP contribution in [0, 0.1) is 5.92 Å². The standard InChI is InChI=1S/C12H27NS/c1-5-12(11(4)13-6-2)9-8-10-14-7-3/h11-13H,5-10H2,1-4H3. The van der Waals surface area contributed by atoms with Crippen molar-refractivity contribution in [3.63, 3.8) is 0 Å². The molecule has 2 unspecified atom stereocenters. The highest BCUT2D eigenvalue weighted by Gasteiger charge is 2.13. The van der Waals surface area contributed by atoms with Crippen molar-refractivity contribution in [3.05, 3.63) is 0 Å². The Kier molecular flexibility index (Phi) is 10.1. The molecule has 0 amide bonds. The summed E-state index contributed by atoms with van der Waals surface area (Å²) in [5, 5.41) is 3.53. The molecule has 0 spiro atoms. The zero-order valence-electron chi connectivity index (χ0n) is 10.3. The highest BCUT2D eigenvalue weighted by Crippen LogP contribution is 2.17. The van der Waals surface area contributed by atoms with Crippen LogP contribution >= 0.6 is 11.8 Å². The minimum atomic E-state index is 0.691. The zero-order chi connectivity index (χ0) is 10.8. The average Bonchev–Trinajstić information content (AvgIpc) is 2.18. The SMILES string of the molecule is CCNC(C)C(CC)CCCSCC. The molecule has 2 heteroatoms. The monoisotopic (exact) mass is 217 g/mol. The summed E-state index contributed by atoms with van der Waals surface area (Å²) >= 11 is 2.07. The van der Waals surface area contributed by atoms with Crippen molar-refractivity contribution in [1.29, 1.82) is 0 Å². The normalized spacial score (nSPS) is 15.4. The predicted octanol–water partition coefficient (Wildman–Crippen LogP) is 3.54. The average molecular weight is 217 g/mol. The lowest BCUT2D eigenvalue weighted by Crippen LogP contribution is -2.33. The van der Waals surface area contributed by atoms with E-state index in [-0.39, 0.29) is 0 Å². The summed E-state index contributed by atoms with van der Waals surface area (Å²) in [6, 6.07) is 0.691. The van der Waals surface area contributed by atoms with Crippen LogP contribution in [-0.4, -0.2) is 24.1 Å². The molecule has 0 fully saturated rings. The Morgan fingerprint density at radius 2 is 1.93 bits per heavy atom. The fraction of sp³-hybridized carbons (Fsp3) is 1.00. The molecule has 0 heterocycles. The fourth-order valence-corrected chi connectivity index (χ4v) is 2.55. The van der Waals surface area contributed by atoms with Gasteiger partial charge in [0.15, 0.2) is 0 Å². The molecule has 0 aromatic carbocycles. The number of hydrogen-bond donors (Lipinski definition) is 1. The molecule has 0 aromatic heterocycles. The molecule has 0 aromatic rings. The van der Waals surface area contributed by atoms with Gasteiger partial charge in [-0.05, 0) is 43.7 Å².